The molecule has 0 bridgehead atoms. The maximum atomic E-state index is 12.9. The predicted molar refractivity (Wildman–Crippen MR) is 155 cm³/mol. The van der Waals surface area contributed by atoms with Gasteiger partial charge < -0.3 is 24.1 Å². The molecule has 0 saturated heterocycles. The molecule has 10 heteroatoms. The molecule has 208 valence electrons. The summed E-state index contributed by atoms with van der Waals surface area (Å²) >= 11 is 0. The molecule has 38 heavy (non-hydrogen) atoms. The van der Waals surface area contributed by atoms with Gasteiger partial charge in [-0.3, -0.25) is 10.1 Å². The lowest BCUT2D eigenvalue weighted by Gasteiger charge is -2.18. The number of ether oxygens (including phenoxy) is 3. The van der Waals surface area contributed by atoms with Crippen molar-refractivity contribution in [3.8, 4) is 11.3 Å². The van der Waals surface area contributed by atoms with E-state index in [0.29, 0.717) is 36.8 Å². The molecule has 1 unspecified atom stereocenters. The van der Waals surface area contributed by atoms with E-state index in [4.69, 9.17) is 19.2 Å². The van der Waals surface area contributed by atoms with Crippen LogP contribution in [0.3, 0.4) is 0 Å². The van der Waals surface area contributed by atoms with E-state index in [1.807, 2.05) is 29.0 Å². The Morgan fingerprint density at radius 1 is 1.21 bits per heavy atom. The highest BCUT2D eigenvalue weighted by atomic mass is 28.3. The SMILES string of the molecule is C=CCCNc1cc(NC(=O)OC)ccc1-c1cn(COCC[Si](C)(C)C)c(C(CC=C)C(=O)OCC)n1. The highest BCUT2D eigenvalue weighted by molar-refractivity contribution is 6.76. The number of rotatable bonds is 16. The van der Waals surface area contributed by atoms with E-state index in [2.05, 4.69) is 43.4 Å². The summed E-state index contributed by atoms with van der Waals surface area (Å²) in [5.74, 6) is -0.408. The van der Waals surface area contributed by atoms with Gasteiger partial charge in [-0.25, -0.2) is 9.78 Å². The highest BCUT2D eigenvalue weighted by Gasteiger charge is 2.27. The van der Waals surface area contributed by atoms with Gasteiger partial charge in [-0.15, -0.1) is 13.2 Å². The first-order valence-electron chi connectivity index (χ1n) is 12.9. The van der Waals surface area contributed by atoms with E-state index >= 15 is 0 Å². The monoisotopic (exact) mass is 542 g/mol. The van der Waals surface area contributed by atoms with Crippen molar-refractivity contribution >= 4 is 31.5 Å². The van der Waals surface area contributed by atoms with Crippen molar-refractivity contribution in [2.75, 3.05) is 37.5 Å². The Morgan fingerprint density at radius 2 is 1.97 bits per heavy atom. The molecule has 1 heterocycles. The van der Waals surface area contributed by atoms with E-state index in [-0.39, 0.29) is 19.3 Å². The molecule has 2 rings (SSSR count). The number of carbonyl (C=O) groups is 2. The van der Waals surface area contributed by atoms with Crippen LogP contribution in [0.2, 0.25) is 25.7 Å². The Balaban J connectivity index is 2.51. The normalized spacial score (nSPS) is 11.9. The molecule has 2 aromatic rings. The fraction of sp³-hybridized carbons (Fsp3) is 0.464. The summed E-state index contributed by atoms with van der Waals surface area (Å²) in [5, 5.41) is 6.08. The molecule has 0 spiro atoms. The second kappa shape index (κ2) is 15.1. The molecule has 0 radical (unpaired) electrons. The summed E-state index contributed by atoms with van der Waals surface area (Å²) < 4.78 is 18.0. The zero-order chi connectivity index (χ0) is 28.1. The Morgan fingerprint density at radius 3 is 2.61 bits per heavy atom. The number of anilines is 2. The van der Waals surface area contributed by atoms with Gasteiger partial charge in [0.25, 0.3) is 0 Å². The van der Waals surface area contributed by atoms with Gasteiger partial charge in [-0.2, -0.15) is 0 Å². The number of aromatic nitrogens is 2. The molecule has 0 aliphatic rings. The van der Waals surface area contributed by atoms with Crippen molar-refractivity contribution in [2.45, 2.75) is 58.1 Å². The molecular weight excluding hydrogens is 500 g/mol. The van der Waals surface area contributed by atoms with Crippen molar-refractivity contribution in [1.29, 1.82) is 0 Å². The number of esters is 1. The smallest absolute Gasteiger partial charge is 0.411 e. The molecular formula is C28H42N4O5Si. The minimum Gasteiger partial charge on any atom is -0.465 e. The van der Waals surface area contributed by atoms with E-state index in [1.54, 1.807) is 19.1 Å². The molecule has 0 saturated carbocycles. The van der Waals surface area contributed by atoms with Crippen LogP contribution in [-0.2, 0) is 25.7 Å². The number of imidazole rings is 1. The maximum absolute atomic E-state index is 12.9. The number of carbonyl (C=O) groups excluding carboxylic acids is 2. The summed E-state index contributed by atoms with van der Waals surface area (Å²) in [6.07, 6.45) is 5.99. The third-order valence-electron chi connectivity index (χ3n) is 5.71. The van der Waals surface area contributed by atoms with Crippen LogP contribution in [-0.4, -0.2) is 56.6 Å². The van der Waals surface area contributed by atoms with Gasteiger partial charge in [-0.05, 0) is 44.0 Å². The van der Waals surface area contributed by atoms with Gasteiger partial charge in [0.15, 0.2) is 0 Å². The molecule has 0 aliphatic heterocycles. The van der Waals surface area contributed by atoms with Crippen LogP contribution in [0.25, 0.3) is 11.3 Å². The molecule has 1 amide bonds. The van der Waals surface area contributed by atoms with Crippen molar-refractivity contribution in [2.24, 2.45) is 0 Å². The average Bonchev–Trinajstić information content (AvgIpc) is 3.28. The van der Waals surface area contributed by atoms with Gasteiger partial charge in [-0.1, -0.05) is 31.8 Å². The number of allylic oxidation sites excluding steroid dienone is 1. The van der Waals surface area contributed by atoms with E-state index in [1.165, 1.54) is 7.11 Å². The Labute approximate surface area is 227 Å². The number of methoxy groups -OCH3 is 1. The van der Waals surface area contributed by atoms with Gasteiger partial charge >= 0.3 is 12.1 Å². The number of benzene rings is 1. The van der Waals surface area contributed by atoms with Gasteiger partial charge in [0.1, 0.15) is 18.5 Å². The number of hydrogen-bond donors (Lipinski definition) is 2. The van der Waals surface area contributed by atoms with Crippen LogP contribution < -0.4 is 10.6 Å². The van der Waals surface area contributed by atoms with Crippen LogP contribution in [0.15, 0.2) is 49.7 Å². The number of amides is 1. The largest absolute Gasteiger partial charge is 0.465 e. The second-order valence-electron chi connectivity index (χ2n) is 10.0. The Hall–Kier alpha value is -3.37. The maximum Gasteiger partial charge on any atom is 0.411 e. The molecule has 9 nitrogen and oxygen atoms in total. The Kier molecular flexibility index (Phi) is 12.3. The molecule has 1 atom stereocenters. The summed E-state index contributed by atoms with van der Waals surface area (Å²) in [5.41, 5.74) is 2.82. The predicted octanol–water partition coefficient (Wildman–Crippen LogP) is 6.25. The first kappa shape index (κ1) is 30.8. The number of nitrogens with zero attached hydrogens (tertiary/aromatic N) is 2. The third-order valence-corrected chi connectivity index (χ3v) is 7.41. The van der Waals surface area contributed by atoms with Crippen LogP contribution in [0, 0.1) is 0 Å². The van der Waals surface area contributed by atoms with Crippen LogP contribution in [0.1, 0.15) is 31.5 Å². The summed E-state index contributed by atoms with van der Waals surface area (Å²) in [6.45, 7) is 18.1. The van der Waals surface area contributed by atoms with Crippen molar-refractivity contribution in [3.63, 3.8) is 0 Å². The molecule has 0 fully saturated rings. The number of nitrogens with one attached hydrogen (secondary N) is 2. The summed E-state index contributed by atoms with van der Waals surface area (Å²) in [4.78, 5) is 29.5. The zero-order valence-corrected chi connectivity index (χ0v) is 24.3. The lowest BCUT2D eigenvalue weighted by atomic mass is 10.0. The Bertz CT molecular complexity index is 1090. The topological polar surface area (TPSA) is 104 Å². The summed E-state index contributed by atoms with van der Waals surface area (Å²) in [6, 6.07) is 6.51. The average molecular weight is 543 g/mol. The van der Waals surface area contributed by atoms with E-state index < -0.39 is 20.1 Å². The first-order valence-corrected chi connectivity index (χ1v) is 16.6. The van der Waals surface area contributed by atoms with Crippen LogP contribution in [0.5, 0.6) is 0 Å². The van der Waals surface area contributed by atoms with E-state index in [0.717, 1.165) is 23.7 Å². The lowest BCUT2D eigenvalue weighted by molar-refractivity contribution is -0.145. The minimum absolute atomic E-state index is 0.265. The quantitative estimate of drug-likeness (QED) is 0.112. The molecule has 0 aliphatic carbocycles. The van der Waals surface area contributed by atoms with Crippen LogP contribution in [0.4, 0.5) is 16.2 Å². The molecule has 1 aromatic carbocycles. The van der Waals surface area contributed by atoms with Crippen molar-refractivity contribution < 1.29 is 23.8 Å². The fourth-order valence-electron chi connectivity index (χ4n) is 3.67. The zero-order valence-electron chi connectivity index (χ0n) is 23.3. The van der Waals surface area contributed by atoms with Gasteiger partial charge in [0.2, 0.25) is 0 Å². The lowest BCUT2D eigenvalue weighted by Crippen LogP contribution is -2.23. The second-order valence-corrected chi connectivity index (χ2v) is 15.6. The first-order chi connectivity index (χ1) is 18.1. The van der Waals surface area contributed by atoms with Gasteiger partial charge in [0, 0.05) is 44.4 Å². The third kappa shape index (κ3) is 9.49. The van der Waals surface area contributed by atoms with Crippen molar-refractivity contribution in [1.82, 2.24) is 9.55 Å². The van der Waals surface area contributed by atoms with E-state index in [9.17, 15) is 9.59 Å². The standard InChI is InChI=1S/C28H42N4O5Si/c1-8-11-15-29-24-18-21(30-28(34)35-4)13-14-22(24)25-19-32(20-36-16-17-38(5,6)7)26(31-25)23(12-9-2)27(33)37-10-3/h8-9,13-14,18-19,23,29H,1-2,10-12,15-17,20H2,3-7H3,(H,30,34). The van der Waals surface area contributed by atoms with Gasteiger partial charge in [0.05, 0.1) is 19.4 Å². The molecule has 1 aromatic heterocycles. The van der Waals surface area contributed by atoms with Crippen LogP contribution >= 0.6 is 0 Å². The fourth-order valence-corrected chi connectivity index (χ4v) is 4.43. The highest BCUT2D eigenvalue weighted by Crippen LogP contribution is 2.33. The number of hydrogen-bond acceptors (Lipinski definition) is 7. The summed E-state index contributed by atoms with van der Waals surface area (Å²) in [7, 11) is 0.0610. The van der Waals surface area contributed by atoms with Crippen molar-refractivity contribution in [3.05, 3.63) is 55.5 Å². The minimum atomic E-state index is -1.25. The molecule has 2 N–H and O–H groups in total.